The molecule has 0 saturated carbocycles. The smallest absolute Gasteiger partial charge is 0.0202 e. The van der Waals surface area contributed by atoms with Crippen LogP contribution < -0.4 is 5.32 Å². The summed E-state index contributed by atoms with van der Waals surface area (Å²) in [7, 11) is 1.98. The van der Waals surface area contributed by atoms with E-state index in [1.807, 2.05) is 7.05 Å². The Balaban J connectivity index is 2.38. The highest BCUT2D eigenvalue weighted by atomic mass is 14.8. The van der Waals surface area contributed by atoms with Gasteiger partial charge in [0.2, 0.25) is 0 Å². The van der Waals surface area contributed by atoms with E-state index in [-0.39, 0.29) is 0 Å². The molecule has 1 heteroatoms. The van der Waals surface area contributed by atoms with E-state index in [0.717, 1.165) is 19.4 Å². The van der Waals surface area contributed by atoms with E-state index >= 15 is 0 Å². The van der Waals surface area contributed by atoms with Crippen LogP contribution in [-0.4, -0.2) is 7.05 Å². The molecule has 0 saturated heterocycles. The molecule has 19 heavy (non-hydrogen) atoms. The largest absolute Gasteiger partial charge is 0.316 e. The number of hydrogen-bond donors (Lipinski definition) is 1. The lowest BCUT2D eigenvalue weighted by Gasteiger charge is -2.10. The highest BCUT2D eigenvalue weighted by Crippen LogP contribution is 2.24. The van der Waals surface area contributed by atoms with Crippen molar-refractivity contribution >= 4 is 0 Å². The van der Waals surface area contributed by atoms with E-state index in [0.29, 0.717) is 0 Å². The lowest BCUT2D eigenvalue weighted by atomic mass is 9.96. The molecule has 0 spiro atoms. The van der Waals surface area contributed by atoms with E-state index in [2.05, 4.69) is 61.6 Å². The molecule has 0 fully saturated rings. The van der Waals surface area contributed by atoms with Crippen molar-refractivity contribution in [3.63, 3.8) is 0 Å². The van der Waals surface area contributed by atoms with Crippen LogP contribution in [0.25, 0.3) is 11.1 Å². The van der Waals surface area contributed by atoms with Crippen molar-refractivity contribution in [2.24, 2.45) is 0 Å². The standard InChI is InChI=1S/C18H23N/c1-4-15-9-10-18(12-16(15)5-2)17-8-6-7-14(11-17)13-19-3/h6-12,19H,4-5,13H2,1-3H3. The molecule has 0 aliphatic rings. The molecule has 2 aromatic rings. The molecule has 0 heterocycles. The van der Waals surface area contributed by atoms with Gasteiger partial charge in [0.05, 0.1) is 0 Å². The molecule has 2 rings (SSSR count). The zero-order valence-corrected chi connectivity index (χ0v) is 12.2. The molecule has 0 radical (unpaired) electrons. The van der Waals surface area contributed by atoms with Crippen LogP contribution in [0, 0.1) is 0 Å². The topological polar surface area (TPSA) is 12.0 Å². The van der Waals surface area contributed by atoms with Crippen molar-refractivity contribution in [1.29, 1.82) is 0 Å². The fraction of sp³-hybridized carbons (Fsp3) is 0.333. The van der Waals surface area contributed by atoms with Gasteiger partial charge in [-0.2, -0.15) is 0 Å². The Morgan fingerprint density at radius 2 is 1.58 bits per heavy atom. The van der Waals surface area contributed by atoms with Gasteiger partial charge in [-0.15, -0.1) is 0 Å². The molecule has 1 N–H and O–H groups in total. The van der Waals surface area contributed by atoms with Crippen LogP contribution >= 0.6 is 0 Å². The van der Waals surface area contributed by atoms with Gasteiger partial charge >= 0.3 is 0 Å². The molecular weight excluding hydrogens is 230 g/mol. The molecule has 0 atom stereocenters. The third-order valence-electron chi connectivity index (χ3n) is 3.61. The Morgan fingerprint density at radius 3 is 2.26 bits per heavy atom. The highest BCUT2D eigenvalue weighted by molar-refractivity contribution is 5.65. The second-order valence-electron chi connectivity index (χ2n) is 4.92. The lowest BCUT2D eigenvalue weighted by Crippen LogP contribution is -2.04. The number of aryl methyl sites for hydroxylation is 2. The van der Waals surface area contributed by atoms with E-state index in [9.17, 15) is 0 Å². The zero-order chi connectivity index (χ0) is 13.7. The van der Waals surface area contributed by atoms with Crippen LogP contribution in [0.5, 0.6) is 0 Å². The minimum absolute atomic E-state index is 0.918. The Bertz CT molecular complexity index is 543. The number of nitrogens with one attached hydrogen (secondary N) is 1. The molecule has 100 valence electrons. The molecule has 2 aromatic carbocycles. The second-order valence-corrected chi connectivity index (χ2v) is 4.92. The van der Waals surface area contributed by atoms with Crippen molar-refractivity contribution in [3.8, 4) is 11.1 Å². The average Bonchev–Trinajstić information content (AvgIpc) is 2.47. The van der Waals surface area contributed by atoms with E-state index in [1.54, 1.807) is 0 Å². The van der Waals surface area contributed by atoms with Gasteiger partial charge in [0.25, 0.3) is 0 Å². The molecule has 0 bridgehead atoms. The molecule has 1 nitrogen and oxygen atoms in total. The van der Waals surface area contributed by atoms with Crippen molar-refractivity contribution in [1.82, 2.24) is 5.32 Å². The maximum absolute atomic E-state index is 3.20. The van der Waals surface area contributed by atoms with Gasteiger partial charge < -0.3 is 5.32 Å². The van der Waals surface area contributed by atoms with Gasteiger partial charge in [-0.05, 0) is 53.8 Å². The Labute approximate surface area is 116 Å². The lowest BCUT2D eigenvalue weighted by molar-refractivity contribution is 0.818. The van der Waals surface area contributed by atoms with Crippen molar-refractivity contribution in [2.45, 2.75) is 33.2 Å². The molecule has 0 aromatic heterocycles. The predicted molar refractivity (Wildman–Crippen MR) is 83.4 cm³/mol. The van der Waals surface area contributed by atoms with Crippen molar-refractivity contribution in [3.05, 3.63) is 59.2 Å². The van der Waals surface area contributed by atoms with Crippen LogP contribution in [-0.2, 0) is 19.4 Å². The third kappa shape index (κ3) is 3.24. The maximum atomic E-state index is 3.20. The maximum Gasteiger partial charge on any atom is 0.0202 e. The van der Waals surface area contributed by atoms with E-state index in [1.165, 1.54) is 27.8 Å². The summed E-state index contributed by atoms with van der Waals surface area (Å²) in [6.45, 7) is 5.37. The number of benzene rings is 2. The first-order valence-electron chi connectivity index (χ1n) is 7.14. The summed E-state index contributed by atoms with van der Waals surface area (Å²) in [5.41, 5.74) is 6.91. The number of hydrogen-bond acceptors (Lipinski definition) is 1. The minimum Gasteiger partial charge on any atom is -0.316 e. The summed E-state index contributed by atoms with van der Waals surface area (Å²) in [5, 5.41) is 3.20. The summed E-state index contributed by atoms with van der Waals surface area (Å²) in [5.74, 6) is 0. The summed E-state index contributed by atoms with van der Waals surface area (Å²) in [4.78, 5) is 0. The average molecular weight is 253 g/mol. The van der Waals surface area contributed by atoms with Crippen LogP contribution in [0.2, 0.25) is 0 Å². The van der Waals surface area contributed by atoms with E-state index < -0.39 is 0 Å². The third-order valence-corrected chi connectivity index (χ3v) is 3.61. The quantitative estimate of drug-likeness (QED) is 0.842. The van der Waals surface area contributed by atoms with Crippen LogP contribution in [0.1, 0.15) is 30.5 Å². The summed E-state index contributed by atoms with van der Waals surface area (Å²) in [6, 6.07) is 15.6. The summed E-state index contributed by atoms with van der Waals surface area (Å²) in [6.07, 6.45) is 2.22. The van der Waals surface area contributed by atoms with Gasteiger partial charge in [0, 0.05) is 6.54 Å². The SMILES string of the molecule is CCc1ccc(-c2cccc(CNC)c2)cc1CC. The highest BCUT2D eigenvalue weighted by Gasteiger charge is 2.03. The van der Waals surface area contributed by atoms with Crippen molar-refractivity contribution in [2.75, 3.05) is 7.05 Å². The summed E-state index contributed by atoms with van der Waals surface area (Å²) < 4.78 is 0. The normalized spacial score (nSPS) is 10.7. The minimum atomic E-state index is 0.918. The van der Waals surface area contributed by atoms with Crippen LogP contribution in [0.15, 0.2) is 42.5 Å². The first-order valence-corrected chi connectivity index (χ1v) is 7.14. The van der Waals surface area contributed by atoms with Crippen molar-refractivity contribution < 1.29 is 0 Å². The molecule has 0 aliphatic heterocycles. The Morgan fingerprint density at radius 1 is 0.842 bits per heavy atom. The number of rotatable bonds is 5. The zero-order valence-electron chi connectivity index (χ0n) is 12.2. The van der Waals surface area contributed by atoms with E-state index in [4.69, 9.17) is 0 Å². The molecule has 0 amide bonds. The van der Waals surface area contributed by atoms with Gasteiger partial charge in [0.1, 0.15) is 0 Å². The molecule has 0 aliphatic carbocycles. The van der Waals surface area contributed by atoms with Crippen LogP contribution in [0.4, 0.5) is 0 Å². The van der Waals surface area contributed by atoms with Gasteiger partial charge in [-0.3, -0.25) is 0 Å². The molecule has 0 unspecified atom stereocenters. The fourth-order valence-electron chi connectivity index (χ4n) is 2.54. The summed E-state index contributed by atoms with van der Waals surface area (Å²) >= 11 is 0. The van der Waals surface area contributed by atoms with Gasteiger partial charge in [-0.25, -0.2) is 0 Å². The monoisotopic (exact) mass is 253 g/mol. The Kier molecular flexibility index (Phi) is 4.75. The van der Waals surface area contributed by atoms with Gasteiger partial charge in [-0.1, -0.05) is 50.2 Å². The second kappa shape index (κ2) is 6.53. The molecular formula is C18H23N. The fourth-order valence-corrected chi connectivity index (χ4v) is 2.54. The first kappa shape index (κ1) is 13.8. The predicted octanol–water partition coefficient (Wildman–Crippen LogP) is 4.20. The van der Waals surface area contributed by atoms with Gasteiger partial charge in [0.15, 0.2) is 0 Å². The first-order chi connectivity index (χ1) is 9.28. The van der Waals surface area contributed by atoms with Crippen LogP contribution in [0.3, 0.4) is 0 Å². The Hall–Kier alpha value is -1.60.